The summed E-state index contributed by atoms with van der Waals surface area (Å²) in [6.07, 6.45) is 1.92. The number of hydrogen-bond acceptors (Lipinski definition) is 16. The van der Waals surface area contributed by atoms with Gasteiger partial charge in [-0.1, -0.05) is 12.1 Å². The Kier molecular flexibility index (Phi) is 18.6. The van der Waals surface area contributed by atoms with Gasteiger partial charge in [0.15, 0.2) is 23.0 Å². The molecule has 2 aliphatic carbocycles. The lowest BCUT2D eigenvalue weighted by molar-refractivity contribution is 0.102. The molecule has 18 nitrogen and oxygen atoms in total. The van der Waals surface area contributed by atoms with Crippen molar-refractivity contribution in [2.24, 2.45) is 0 Å². The van der Waals surface area contributed by atoms with Crippen molar-refractivity contribution in [3.05, 3.63) is 70.8 Å². The molecule has 4 aromatic carbocycles. The Balaban J connectivity index is 0.000000209. The van der Waals surface area contributed by atoms with Crippen molar-refractivity contribution in [1.29, 1.82) is 0 Å². The molecule has 0 bridgehead atoms. The van der Waals surface area contributed by atoms with Gasteiger partial charge in [0.1, 0.15) is 24.7 Å². The van der Waals surface area contributed by atoms with Crippen LogP contribution in [0.5, 0.6) is 46.0 Å². The van der Waals surface area contributed by atoms with Crippen molar-refractivity contribution in [3.63, 3.8) is 0 Å². The summed E-state index contributed by atoms with van der Waals surface area (Å²) in [5.41, 5.74) is 7.75. The van der Waals surface area contributed by atoms with Gasteiger partial charge in [-0.25, -0.2) is 9.59 Å². The van der Waals surface area contributed by atoms with Gasteiger partial charge in [0.25, 0.3) is 0 Å². The number of methoxy groups -OCH3 is 8. The molecule has 0 spiro atoms. The minimum atomic E-state index is -0.424. The van der Waals surface area contributed by atoms with Crippen LogP contribution in [-0.4, -0.2) is 169 Å². The lowest BCUT2D eigenvalue weighted by Gasteiger charge is -2.32. The normalized spacial score (nSPS) is 17.6. The third-order valence-electron chi connectivity index (χ3n) is 13.7. The molecule has 71 heavy (non-hydrogen) atoms. The Hall–Kier alpha value is -6.34. The summed E-state index contributed by atoms with van der Waals surface area (Å²) in [6.45, 7) is 10.1. The largest absolute Gasteiger partial charge is 0.497 e. The maximum absolute atomic E-state index is 12.8. The summed E-state index contributed by atoms with van der Waals surface area (Å²) in [5, 5.41) is 9.50. The van der Waals surface area contributed by atoms with Crippen LogP contribution in [0, 0.1) is 0 Å². The Morgan fingerprint density at radius 1 is 0.535 bits per heavy atom. The molecule has 2 saturated heterocycles. The van der Waals surface area contributed by atoms with E-state index in [2.05, 4.69) is 37.7 Å². The van der Waals surface area contributed by atoms with Crippen LogP contribution in [0.1, 0.15) is 47.2 Å². The lowest BCUT2D eigenvalue weighted by Crippen LogP contribution is -2.45. The summed E-state index contributed by atoms with van der Waals surface area (Å²) < 4.78 is 56.2. The zero-order valence-electron chi connectivity index (χ0n) is 42.8. The van der Waals surface area contributed by atoms with Crippen molar-refractivity contribution in [2.75, 3.05) is 143 Å². The first-order chi connectivity index (χ1) is 34.6. The number of likely N-dealkylation sites (N-methyl/N-ethyl adjacent to an activating group) is 1. The summed E-state index contributed by atoms with van der Waals surface area (Å²) >= 11 is 0. The van der Waals surface area contributed by atoms with Crippen molar-refractivity contribution >= 4 is 12.2 Å². The number of nitrogens with one attached hydrogen (secondary N) is 3. The summed E-state index contributed by atoms with van der Waals surface area (Å²) in [4.78, 5) is 32.5. The van der Waals surface area contributed by atoms with Gasteiger partial charge < -0.3 is 68.2 Å². The van der Waals surface area contributed by atoms with Gasteiger partial charge in [-0.3, -0.25) is 9.80 Å². The second kappa shape index (κ2) is 25.2. The summed E-state index contributed by atoms with van der Waals surface area (Å²) in [6, 6.07) is 15.2. The third-order valence-corrected chi connectivity index (χ3v) is 13.7. The number of carbonyl (C=O) groups excluding carboxylic acids is 2. The van der Waals surface area contributed by atoms with E-state index in [0.717, 1.165) is 110 Å². The molecular formula is C53H72N6O12. The zero-order chi connectivity index (χ0) is 50.4. The topological polar surface area (TPSA) is 172 Å². The summed E-state index contributed by atoms with van der Waals surface area (Å²) in [7, 11) is 15.1. The number of nitrogens with zero attached hydrogens (tertiary/aromatic N) is 3. The molecule has 386 valence electrons. The van der Waals surface area contributed by atoms with E-state index in [1.165, 1.54) is 0 Å². The van der Waals surface area contributed by atoms with Gasteiger partial charge in [0, 0.05) is 76.6 Å². The van der Waals surface area contributed by atoms with Crippen molar-refractivity contribution in [3.8, 4) is 68.2 Å². The average molecular weight is 985 g/mol. The number of hydrogen-bond donors (Lipinski definition) is 3. The number of aryl methyl sites for hydroxylation is 2. The van der Waals surface area contributed by atoms with Crippen LogP contribution in [0.2, 0.25) is 0 Å². The van der Waals surface area contributed by atoms with E-state index < -0.39 is 12.2 Å². The predicted molar refractivity (Wildman–Crippen MR) is 271 cm³/mol. The number of amides is 2. The SMILES string of the molecule is COc1ccc2c(c1)[C@@H](NC(=O)OCCN1CCN(C)CC1)CCc1cc(OC)c(OC)c(OC)c1-2.COc1ccc2c(c1)[C@@H](NC(=O)OCCN1CCNCC1)CCc1cc(OC)c(OC)c(OC)c1-2. The first-order valence-electron chi connectivity index (χ1n) is 24.3. The predicted octanol–water partition coefficient (Wildman–Crippen LogP) is 6.36. The number of fused-ring (bicyclic) bond motifs is 6. The Morgan fingerprint density at radius 3 is 1.35 bits per heavy atom. The van der Waals surface area contributed by atoms with Crippen LogP contribution in [0.15, 0.2) is 48.5 Å². The summed E-state index contributed by atoms with van der Waals surface area (Å²) in [5.74, 6) is 4.93. The molecule has 2 fully saturated rings. The first-order valence-corrected chi connectivity index (χ1v) is 24.3. The van der Waals surface area contributed by atoms with Gasteiger partial charge >= 0.3 is 12.2 Å². The van der Waals surface area contributed by atoms with Gasteiger partial charge in [-0.2, -0.15) is 0 Å². The Labute approximate surface area is 418 Å². The smallest absolute Gasteiger partial charge is 0.407 e. The average Bonchev–Trinajstić information content (AvgIpc) is 3.65. The van der Waals surface area contributed by atoms with Crippen molar-refractivity contribution < 1.29 is 57.0 Å². The number of benzene rings is 4. The van der Waals surface area contributed by atoms with E-state index in [1.807, 2.05) is 48.5 Å². The fourth-order valence-corrected chi connectivity index (χ4v) is 9.89. The zero-order valence-corrected chi connectivity index (χ0v) is 42.8. The highest BCUT2D eigenvalue weighted by atomic mass is 16.6. The molecule has 0 radical (unpaired) electrons. The molecule has 4 aliphatic rings. The molecule has 4 aromatic rings. The Bertz CT molecular complexity index is 2440. The van der Waals surface area contributed by atoms with E-state index in [0.29, 0.717) is 84.9 Å². The number of rotatable bonds is 16. The van der Waals surface area contributed by atoms with Crippen LogP contribution in [0.3, 0.4) is 0 Å². The number of piperazine rings is 2. The highest BCUT2D eigenvalue weighted by molar-refractivity contribution is 5.85. The molecule has 18 heteroatoms. The standard InChI is InChI=1S/C27H37N3O6.C26H35N3O6/c1-29-10-12-30(13-11-29)14-15-36-27(31)28-22-9-6-18-16-23(33-3)25(34-4)26(35-5)24(18)20-8-7-19(32-2)17-21(20)22;1-31-18-6-7-19-20(16-18)21(28-26(30)35-14-13-29-11-9-27-10-12-29)8-5-17-15-22(32-2)24(33-3)25(34-4)23(17)19/h7-8,16-17,22H,6,9-15H2,1-5H3,(H,28,31);6-7,15-16,21,27H,5,8-14H2,1-4H3,(H,28,30)/t22-;21-/m00/s1. The molecule has 2 heterocycles. The van der Waals surface area contributed by atoms with E-state index in [4.69, 9.17) is 47.4 Å². The van der Waals surface area contributed by atoms with Crippen LogP contribution in [0.25, 0.3) is 22.3 Å². The molecule has 2 atom stereocenters. The maximum atomic E-state index is 12.8. The third kappa shape index (κ3) is 12.4. The van der Waals surface area contributed by atoms with Crippen molar-refractivity contribution in [1.82, 2.24) is 30.7 Å². The number of carbonyl (C=O) groups is 2. The van der Waals surface area contributed by atoms with E-state index >= 15 is 0 Å². The van der Waals surface area contributed by atoms with Crippen LogP contribution in [-0.2, 0) is 22.3 Å². The van der Waals surface area contributed by atoms with Crippen LogP contribution < -0.4 is 53.8 Å². The monoisotopic (exact) mass is 985 g/mol. The molecule has 2 aliphatic heterocycles. The minimum Gasteiger partial charge on any atom is -0.497 e. The van der Waals surface area contributed by atoms with Gasteiger partial charge in [-0.15, -0.1) is 0 Å². The van der Waals surface area contributed by atoms with E-state index in [9.17, 15) is 9.59 Å². The molecule has 3 N–H and O–H groups in total. The van der Waals surface area contributed by atoms with Crippen LogP contribution in [0.4, 0.5) is 9.59 Å². The molecule has 0 aromatic heterocycles. The highest BCUT2D eigenvalue weighted by Crippen LogP contribution is 2.52. The quantitative estimate of drug-likeness (QED) is 0.113. The van der Waals surface area contributed by atoms with Gasteiger partial charge in [-0.05, 0) is 103 Å². The van der Waals surface area contributed by atoms with E-state index in [1.54, 1.807) is 56.9 Å². The Morgan fingerprint density at radius 2 is 0.958 bits per heavy atom. The fraction of sp³-hybridized carbons (Fsp3) is 0.509. The molecule has 0 saturated carbocycles. The van der Waals surface area contributed by atoms with Gasteiger partial charge in [0.2, 0.25) is 11.5 Å². The lowest BCUT2D eigenvalue weighted by atomic mass is 9.93. The van der Waals surface area contributed by atoms with Crippen LogP contribution >= 0.6 is 0 Å². The molecule has 8 rings (SSSR count). The number of ether oxygens (including phenoxy) is 10. The fourth-order valence-electron chi connectivity index (χ4n) is 9.89. The van der Waals surface area contributed by atoms with Crippen molar-refractivity contribution in [2.45, 2.75) is 37.8 Å². The second-order valence-electron chi connectivity index (χ2n) is 17.7. The molecule has 0 unspecified atom stereocenters. The van der Waals surface area contributed by atoms with Gasteiger partial charge in [0.05, 0.1) is 69.0 Å². The minimum absolute atomic E-state index is 0.263. The first kappa shape index (κ1) is 52.5. The molecule has 2 amide bonds. The van der Waals surface area contributed by atoms with E-state index in [-0.39, 0.29) is 12.1 Å². The number of alkyl carbamates (subject to hydrolysis) is 2. The highest BCUT2D eigenvalue weighted by Gasteiger charge is 2.32. The second-order valence-corrected chi connectivity index (χ2v) is 17.7. The maximum Gasteiger partial charge on any atom is 0.407 e. The molecular weight excluding hydrogens is 913 g/mol.